The summed E-state index contributed by atoms with van der Waals surface area (Å²) in [6.07, 6.45) is 2.82. The Hall–Kier alpha value is -3.14. The number of thiazole rings is 1. The van der Waals surface area contributed by atoms with Crippen molar-refractivity contribution < 1.29 is 4.92 Å². The third kappa shape index (κ3) is 3.27. The molecule has 9 nitrogen and oxygen atoms in total. The molecular weight excluding hydrogens is 330 g/mol. The van der Waals surface area contributed by atoms with Gasteiger partial charge in [-0.15, -0.1) is 11.3 Å². The Balaban J connectivity index is 1.97. The first-order valence-electron chi connectivity index (χ1n) is 6.93. The minimum Gasteiger partial charge on any atom is -0.319 e. The van der Waals surface area contributed by atoms with Gasteiger partial charge in [-0.2, -0.15) is 0 Å². The summed E-state index contributed by atoms with van der Waals surface area (Å²) in [6, 6.07) is 5.20. The van der Waals surface area contributed by atoms with Crippen LogP contribution in [0.3, 0.4) is 0 Å². The molecule has 0 saturated heterocycles. The number of hydrogen-bond acceptors (Lipinski definition) is 9. The molecule has 2 N–H and O–H groups in total. The van der Waals surface area contributed by atoms with Gasteiger partial charge in [-0.1, -0.05) is 6.07 Å². The van der Waals surface area contributed by atoms with Crippen LogP contribution in [0.5, 0.6) is 0 Å². The summed E-state index contributed by atoms with van der Waals surface area (Å²) in [5.74, 6) is 0.578. The molecule has 0 radical (unpaired) electrons. The first-order chi connectivity index (χ1) is 11.5. The lowest BCUT2D eigenvalue weighted by molar-refractivity contribution is -0.383. The van der Waals surface area contributed by atoms with E-state index in [0.717, 1.165) is 10.6 Å². The van der Waals surface area contributed by atoms with Crippen molar-refractivity contribution in [3.05, 3.63) is 51.4 Å². The van der Waals surface area contributed by atoms with Gasteiger partial charge in [0.15, 0.2) is 5.13 Å². The minimum absolute atomic E-state index is 0.0567. The molecule has 0 fully saturated rings. The largest absolute Gasteiger partial charge is 0.354 e. The zero-order chi connectivity index (χ0) is 17.1. The van der Waals surface area contributed by atoms with E-state index in [-0.39, 0.29) is 17.3 Å². The van der Waals surface area contributed by atoms with Crippen molar-refractivity contribution in [2.45, 2.75) is 13.8 Å². The summed E-state index contributed by atoms with van der Waals surface area (Å²) >= 11 is 1.40. The van der Waals surface area contributed by atoms with Crippen LogP contribution in [0.4, 0.5) is 28.3 Å². The second kappa shape index (κ2) is 6.54. The number of pyridine rings is 1. The summed E-state index contributed by atoms with van der Waals surface area (Å²) in [4.78, 5) is 28.3. The molecule has 0 bridgehead atoms. The van der Waals surface area contributed by atoms with E-state index in [1.165, 1.54) is 17.7 Å². The summed E-state index contributed by atoms with van der Waals surface area (Å²) in [6.45, 7) is 3.81. The fourth-order valence-electron chi connectivity index (χ4n) is 1.92. The molecule has 122 valence electrons. The Morgan fingerprint density at radius 3 is 2.46 bits per heavy atom. The van der Waals surface area contributed by atoms with E-state index in [2.05, 4.69) is 30.6 Å². The van der Waals surface area contributed by atoms with E-state index >= 15 is 0 Å². The highest BCUT2D eigenvalue weighted by molar-refractivity contribution is 7.15. The molecule has 0 atom stereocenters. The number of anilines is 4. The SMILES string of the molecule is Cc1nc(Nc2ncnc(Nc3ccccn3)c2[N+](=O)[O-])sc1C. The van der Waals surface area contributed by atoms with Crippen LogP contribution in [-0.4, -0.2) is 24.9 Å². The zero-order valence-corrected chi connectivity index (χ0v) is 13.7. The van der Waals surface area contributed by atoms with E-state index in [1.807, 2.05) is 13.8 Å². The maximum atomic E-state index is 11.5. The highest BCUT2D eigenvalue weighted by Gasteiger charge is 2.24. The normalized spacial score (nSPS) is 10.4. The van der Waals surface area contributed by atoms with Crippen molar-refractivity contribution in [2.75, 3.05) is 10.6 Å². The molecule has 0 aliphatic carbocycles. The minimum atomic E-state index is -0.541. The Morgan fingerprint density at radius 1 is 1.12 bits per heavy atom. The highest BCUT2D eigenvalue weighted by atomic mass is 32.1. The molecule has 0 aromatic carbocycles. The van der Waals surface area contributed by atoms with E-state index in [1.54, 1.807) is 24.4 Å². The molecule has 10 heteroatoms. The third-order valence-corrected chi connectivity index (χ3v) is 4.16. The summed E-state index contributed by atoms with van der Waals surface area (Å²) in [5, 5.41) is 17.8. The summed E-state index contributed by atoms with van der Waals surface area (Å²) in [5.41, 5.74) is 0.597. The van der Waals surface area contributed by atoms with E-state index < -0.39 is 4.92 Å². The van der Waals surface area contributed by atoms with Gasteiger partial charge in [-0.25, -0.2) is 19.9 Å². The van der Waals surface area contributed by atoms with Gasteiger partial charge in [-0.05, 0) is 26.0 Å². The van der Waals surface area contributed by atoms with Gasteiger partial charge in [-0.3, -0.25) is 10.1 Å². The molecule has 3 rings (SSSR count). The average molecular weight is 343 g/mol. The molecule has 0 spiro atoms. The van der Waals surface area contributed by atoms with Crippen molar-refractivity contribution in [3.63, 3.8) is 0 Å². The monoisotopic (exact) mass is 343 g/mol. The van der Waals surface area contributed by atoms with Crippen LogP contribution in [0.15, 0.2) is 30.7 Å². The third-order valence-electron chi connectivity index (χ3n) is 3.17. The summed E-state index contributed by atoms with van der Waals surface area (Å²) < 4.78 is 0. The molecule has 24 heavy (non-hydrogen) atoms. The lowest BCUT2D eigenvalue weighted by atomic mass is 10.4. The second-order valence-electron chi connectivity index (χ2n) is 4.80. The number of nitrogens with one attached hydrogen (secondary N) is 2. The van der Waals surface area contributed by atoms with Gasteiger partial charge in [0.2, 0.25) is 11.6 Å². The quantitative estimate of drug-likeness (QED) is 0.535. The first-order valence-corrected chi connectivity index (χ1v) is 7.74. The predicted molar refractivity (Wildman–Crippen MR) is 91.1 cm³/mol. The van der Waals surface area contributed by atoms with E-state index in [0.29, 0.717) is 10.9 Å². The molecular formula is C14H13N7O2S. The molecule has 0 aliphatic rings. The van der Waals surface area contributed by atoms with Gasteiger partial charge >= 0.3 is 5.69 Å². The smallest absolute Gasteiger partial charge is 0.319 e. The van der Waals surface area contributed by atoms with Gasteiger partial charge in [0.1, 0.15) is 12.1 Å². The van der Waals surface area contributed by atoms with E-state index in [4.69, 9.17) is 0 Å². The number of hydrogen-bond donors (Lipinski definition) is 2. The zero-order valence-electron chi connectivity index (χ0n) is 12.8. The Bertz CT molecular complexity index is 863. The Labute approximate surface area is 141 Å². The van der Waals surface area contributed by atoms with Crippen LogP contribution in [0, 0.1) is 24.0 Å². The maximum absolute atomic E-state index is 11.5. The highest BCUT2D eigenvalue weighted by Crippen LogP contribution is 2.33. The number of rotatable bonds is 5. The van der Waals surface area contributed by atoms with Crippen molar-refractivity contribution in [2.24, 2.45) is 0 Å². The molecule has 0 unspecified atom stereocenters. The van der Waals surface area contributed by atoms with Crippen LogP contribution in [0.25, 0.3) is 0 Å². The Morgan fingerprint density at radius 2 is 1.88 bits per heavy atom. The van der Waals surface area contributed by atoms with Crippen LogP contribution in [-0.2, 0) is 0 Å². The van der Waals surface area contributed by atoms with E-state index in [9.17, 15) is 10.1 Å². The number of aromatic nitrogens is 4. The molecule has 0 saturated carbocycles. The van der Waals surface area contributed by atoms with Crippen LogP contribution in [0.2, 0.25) is 0 Å². The Kier molecular flexibility index (Phi) is 4.29. The van der Waals surface area contributed by atoms with Crippen LogP contribution in [0.1, 0.15) is 10.6 Å². The lowest BCUT2D eigenvalue weighted by Crippen LogP contribution is -2.06. The number of nitro groups is 1. The molecule has 3 heterocycles. The fourth-order valence-corrected chi connectivity index (χ4v) is 2.73. The number of nitrogens with zero attached hydrogens (tertiary/aromatic N) is 5. The van der Waals surface area contributed by atoms with Crippen molar-refractivity contribution in [1.82, 2.24) is 19.9 Å². The van der Waals surface area contributed by atoms with Gasteiger partial charge in [0.25, 0.3) is 0 Å². The van der Waals surface area contributed by atoms with Crippen LogP contribution >= 0.6 is 11.3 Å². The molecule has 3 aromatic rings. The van der Waals surface area contributed by atoms with Gasteiger partial charge in [0.05, 0.1) is 10.6 Å². The topological polar surface area (TPSA) is 119 Å². The average Bonchev–Trinajstić information content (AvgIpc) is 2.86. The molecule has 3 aromatic heterocycles. The van der Waals surface area contributed by atoms with Crippen molar-refractivity contribution >= 4 is 39.6 Å². The number of aryl methyl sites for hydroxylation is 2. The standard InChI is InChI=1S/C14H13N7O2S/c1-8-9(2)24-14(18-8)20-13-11(21(22)23)12(16-7-17-13)19-10-5-3-4-6-15-10/h3-7H,1-2H3,(H2,15,16,17,18,19,20). The van der Waals surface area contributed by atoms with Crippen molar-refractivity contribution in [3.8, 4) is 0 Å². The first kappa shape index (κ1) is 15.7. The lowest BCUT2D eigenvalue weighted by Gasteiger charge is -2.08. The predicted octanol–water partition coefficient (Wildman–Crippen LogP) is 3.34. The molecule has 0 aliphatic heterocycles. The summed E-state index contributed by atoms with van der Waals surface area (Å²) in [7, 11) is 0. The molecule has 0 amide bonds. The fraction of sp³-hybridized carbons (Fsp3) is 0.143. The maximum Gasteiger partial charge on any atom is 0.354 e. The van der Waals surface area contributed by atoms with Crippen LogP contribution < -0.4 is 10.6 Å². The van der Waals surface area contributed by atoms with Crippen molar-refractivity contribution in [1.29, 1.82) is 0 Å². The second-order valence-corrected chi connectivity index (χ2v) is 6.01. The van der Waals surface area contributed by atoms with Gasteiger partial charge in [0, 0.05) is 11.1 Å². The van der Waals surface area contributed by atoms with Gasteiger partial charge < -0.3 is 10.6 Å².